The molecule has 0 amide bonds. The SMILES string of the molecule is C=C(C=CC(O)CC(O)C(C(=O)O)c1ccc(F)cc1)n1nnnc1-c1ccccc1. The number of tetrazole rings is 1. The summed E-state index contributed by atoms with van der Waals surface area (Å²) in [5, 5.41) is 41.7. The number of hydrogen-bond acceptors (Lipinski definition) is 6. The Morgan fingerprint density at radius 3 is 2.45 bits per heavy atom. The van der Waals surface area contributed by atoms with Crippen LogP contribution >= 0.6 is 0 Å². The quantitative estimate of drug-likeness (QED) is 0.451. The first kappa shape index (κ1) is 22.0. The third-order valence-corrected chi connectivity index (χ3v) is 4.65. The molecule has 0 saturated heterocycles. The van der Waals surface area contributed by atoms with Crippen molar-refractivity contribution < 1.29 is 24.5 Å². The summed E-state index contributed by atoms with van der Waals surface area (Å²) in [4.78, 5) is 11.6. The smallest absolute Gasteiger partial charge is 0.313 e. The van der Waals surface area contributed by atoms with E-state index < -0.39 is 29.9 Å². The zero-order valence-electron chi connectivity index (χ0n) is 16.4. The van der Waals surface area contributed by atoms with Crippen molar-refractivity contribution in [3.63, 3.8) is 0 Å². The van der Waals surface area contributed by atoms with E-state index in [9.17, 15) is 24.5 Å². The maximum Gasteiger partial charge on any atom is 0.313 e. The molecule has 3 atom stereocenters. The summed E-state index contributed by atoms with van der Waals surface area (Å²) < 4.78 is 14.5. The van der Waals surface area contributed by atoms with E-state index >= 15 is 0 Å². The number of carboxylic acid groups (broad SMARTS) is 1. The number of aliphatic hydroxyl groups excluding tert-OH is 2. The minimum atomic E-state index is -1.40. The number of benzene rings is 2. The van der Waals surface area contributed by atoms with Gasteiger partial charge in [0.25, 0.3) is 0 Å². The second-order valence-corrected chi connectivity index (χ2v) is 6.87. The van der Waals surface area contributed by atoms with Crippen LogP contribution in [0.1, 0.15) is 17.9 Å². The van der Waals surface area contributed by atoms with Gasteiger partial charge in [-0.1, -0.05) is 55.1 Å². The minimum Gasteiger partial charge on any atom is -0.481 e. The van der Waals surface area contributed by atoms with Crippen molar-refractivity contribution in [2.75, 3.05) is 0 Å². The predicted molar refractivity (Wildman–Crippen MR) is 111 cm³/mol. The lowest BCUT2D eigenvalue weighted by Gasteiger charge is -2.21. The molecule has 0 fully saturated rings. The molecule has 3 unspecified atom stereocenters. The summed E-state index contributed by atoms with van der Waals surface area (Å²) in [6, 6.07) is 14.1. The Morgan fingerprint density at radius 2 is 1.81 bits per heavy atom. The number of aromatic nitrogens is 4. The van der Waals surface area contributed by atoms with Crippen molar-refractivity contribution in [2.45, 2.75) is 24.5 Å². The van der Waals surface area contributed by atoms with Crippen molar-refractivity contribution >= 4 is 11.7 Å². The molecule has 0 aliphatic rings. The maximum atomic E-state index is 13.1. The van der Waals surface area contributed by atoms with Crippen molar-refractivity contribution in [1.82, 2.24) is 20.2 Å². The molecule has 9 heteroatoms. The predicted octanol–water partition coefficient (Wildman–Crippen LogP) is 2.49. The molecule has 8 nitrogen and oxygen atoms in total. The fourth-order valence-corrected chi connectivity index (χ4v) is 3.10. The van der Waals surface area contributed by atoms with Crippen LogP contribution in [0.3, 0.4) is 0 Å². The standard InChI is InChI=1S/C22H21FN4O4/c1-14(27-21(24-25-26-27)16-5-3-2-4-6-16)7-12-18(28)13-19(29)20(22(30)31)15-8-10-17(23)11-9-15/h2-12,18-20,28-29H,1,13H2,(H,30,31). The molecule has 0 aliphatic carbocycles. The molecule has 0 aliphatic heterocycles. The number of halogens is 1. The van der Waals surface area contributed by atoms with Crippen molar-refractivity contribution in [3.8, 4) is 11.4 Å². The molecule has 3 rings (SSSR count). The summed E-state index contributed by atoms with van der Waals surface area (Å²) in [5.74, 6) is -2.63. The Bertz CT molecular complexity index is 1070. The summed E-state index contributed by atoms with van der Waals surface area (Å²) in [6.45, 7) is 3.88. The van der Waals surface area contributed by atoms with E-state index in [1.165, 1.54) is 29.0 Å². The van der Waals surface area contributed by atoms with E-state index in [-0.39, 0.29) is 12.0 Å². The molecule has 0 spiro atoms. The second kappa shape index (κ2) is 9.88. The van der Waals surface area contributed by atoms with Crippen molar-refractivity contribution in [3.05, 3.63) is 84.7 Å². The Hall–Kier alpha value is -3.69. The number of rotatable bonds is 9. The van der Waals surface area contributed by atoms with E-state index in [4.69, 9.17) is 0 Å². The van der Waals surface area contributed by atoms with Gasteiger partial charge in [0.1, 0.15) is 11.7 Å². The molecular formula is C22H21FN4O4. The van der Waals surface area contributed by atoms with E-state index in [2.05, 4.69) is 22.1 Å². The van der Waals surface area contributed by atoms with E-state index in [0.29, 0.717) is 11.5 Å². The zero-order valence-corrected chi connectivity index (χ0v) is 16.4. The third-order valence-electron chi connectivity index (χ3n) is 4.65. The van der Waals surface area contributed by atoms with Gasteiger partial charge in [0.15, 0.2) is 5.82 Å². The first-order chi connectivity index (χ1) is 14.9. The average Bonchev–Trinajstić information content (AvgIpc) is 3.24. The highest BCUT2D eigenvalue weighted by atomic mass is 19.1. The van der Waals surface area contributed by atoms with E-state index in [1.807, 2.05) is 30.3 Å². The Labute approximate surface area is 177 Å². The molecule has 2 aromatic carbocycles. The van der Waals surface area contributed by atoms with Gasteiger partial charge in [-0.25, -0.2) is 4.39 Å². The lowest BCUT2D eigenvalue weighted by molar-refractivity contribution is -0.142. The van der Waals surface area contributed by atoms with Gasteiger partial charge in [0.2, 0.25) is 0 Å². The summed E-state index contributed by atoms with van der Waals surface area (Å²) in [6.07, 6.45) is 0.0353. The highest BCUT2D eigenvalue weighted by Gasteiger charge is 2.29. The van der Waals surface area contributed by atoms with Gasteiger partial charge >= 0.3 is 5.97 Å². The van der Waals surface area contributed by atoms with E-state index in [0.717, 1.165) is 17.7 Å². The van der Waals surface area contributed by atoms with Crippen molar-refractivity contribution in [2.24, 2.45) is 0 Å². The number of aliphatic carboxylic acids is 1. The fourth-order valence-electron chi connectivity index (χ4n) is 3.10. The van der Waals surface area contributed by atoms with Crippen LogP contribution in [0.4, 0.5) is 4.39 Å². The first-order valence-corrected chi connectivity index (χ1v) is 9.42. The molecule has 1 aromatic heterocycles. The van der Waals surface area contributed by atoms with Crippen LogP contribution in [0.5, 0.6) is 0 Å². The molecular weight excluding hydrogens is 403 g/mol. The number of allylic oxidation sites excluding steroid dienone is 2. The zero-order chi connectivity index (χ0) is 22.4. The molecule has 0 bridgehead atoms. The lowest BCUT2D eigenvalue weighted by Crippen LogP contribution is -2.29. The van der Waals surface area contributed by atoms with Gasteiger partial charge in [0.05, 0.1) is 17.9 Å². The van der Waals surface area contributed by atoms with Crippen LogP contribution in [0.15, 0.2) is 73.3 Å². The van der Waals surface area contributed by atoms with Gasteiger partial charge in [-0.3, -0.25) is 4.79 Å². The Balaban J connectivity index is 1.68. The molecule has 160 valence electrons. The van der Waals surface area contributed by atoms with Gasteiger partial charge in [-0.15, -0.1) is 5.10 Å². The van der Waals surface area contributed by atoms with Gasteiger partial charge < -0.3 is 15.3 Å². The molecule has 0 radical (unpaired) electrons. The van der Waals surface area contributed by atoms with Crippen LogP contribution in [0.25, 0.3) is 17.1 Å². The Kier molecular flexibility index (Phi) is 7.01. The third kappa shape index (κ3) is 5.47. The average molecular weight is 424 g/mol. The Morgan fingerprint density at radius 1 is 1.13 bits per heavy atom. The summed E-state index contributed by atoms with van der Waals surface area (Å²) >= 11 is 0. The lowest BCUT2D eigenvalue weighted by atomic mass is 9.90. The number of aliphatic hydroxyl groups is 2. The summed E-state index contributed by atoms with van der Waals surface area (Å²) in [7, 11) is 0. The minimum absolute atomic E-state index is 0.239. The highest BCUT2D eigenvalue weighted by molar-refractivity contribution is 5.77. The van der Waals surface area contributed by atoms with E-state index in [1.54, 1.807) is 0 Å². The fraction of sp³-hybridized carbons (Fsp3) is 0.182. The van der Waals surface area contributed by atoms with Crippen LogP contribution in [-0.4, -0.2) is 53.7 Å². The maximum absolute atomic E-state index is 13.1. The van der Waals surface area contributed by atoms with Gasteiger partial charge in [-0.2, -0.15) is 4.68 Å². The van der Waals surface area contributed by atoms with Gasteiger partial charge in [0, 0.05) is 12.0 Å². The first-order valence-electron chi connectivity index (χ1n) is 9.42. The van der Waals surface area contributed by atoms with Crippen LogP contribution in [-0.2, 0) is 4.79 Å². The number of hydrogen-bond donors (Lipinski definition) is 3. The largest absolute Gasteiger partial charge is 0.481 e. The molecule has 0 saturated carbocycles. The number of nitrogens with zero attached hydrogens (tertiary/aromatic N) is 4. The normalized spacial score (nSPS) is 14.3. The molecule has 3 aromatic rings. The monoisotopic (exact) mass is 424 g/mol. The van der Waals surface area contributed by atoms with Gasteiger partial charge in [-0.05, 0) is 34.2 Å². The molecule has 3 N–H and O–H groups in total. The van der Waals surface area contributed by atoms with Crippen LogP contribution in [0.2, 0.25) is 0 Å². The van der Waals surface area contributed by atoms with Crippen molar-refractivity contribution in [1.29, 1.82) is 0 Å². The molecule has 31 heavy (non-hydrogen) atoms. The topological polar surface area (TPSA) is 121 Å². The number of carboxylic acids is 1. The number of carbonyl (C=O) groups is 1. The van der Waals surface area contributed by atoms with Crippen LogP contribution in [0, 0.1) is 5.82 Å². The second-order valence-electron chi connectivity index (χ2n) is 6.87. The highest BCUT2D eigenvalue weighted by Crippen LogP contribution is 2.24. The van der Waals surface area contributed by atoms with Crippen LogP contribution < -0.4 is 0 Å². The molecule has 1 heterocycles. The summed E-state index contributed by atoms with van der Waals surface area (Å²) in [5.41, 5.74) is 1.38.